The van der Waals surface area contributed by atoms with Gasteiger partial charge < -0.3 is 5.73 Å². The van der Waals surface area contributed by atoms with Crippen LogP contribution in [0.3, 0.4) is 0 Å². The molecule has 0 aliphatic heterocycles. The second kappa shape index (κ2) is 3.69. The van der Waals surface area contributed by atoms with Gasteiger partial charge in [-0.1, -0.05) is 0 Å². The van der Waals surface area contributed by atoms with Crippen LogP contribution in [-0.2, 0) is 0 Å². The smallest absolute Gasteiger partial charge is 0.399 e. The highest BCUT2D eigenvalue weighted by molar-refractivity contribution is 5.39. The van der Waals surface area contributed by atoms with E-state index in [1.807, 2.05) is 0 Å². The van der Waals surface area contributed by atoms with Crippen LogP contribution in [0.1, 0.15) is 11.7 Å². The van der Waals surface area contributed by atoms with Crippen molar-refractivity contribution >= 4 is 5.69 Å². The molecule has 0 radical (unpaired) electrons. The molecular formula is C7H7N3O4. The SMILES string of the molecule is Nc1ccc(C([N+](=O)[O-])[N+](=O)[O-])cc1. The molecule has 7 heteroatoms. The van der Waals surface area contributed by atoms with Gasteiger partial charge in [-0.25, -0.2) is 0 Å². The molecule has 74 valence electrons. The average Bonchev–Trinajstić information content (AvgIpc) is 2.07. The highest BCUT2D eigenvalue weighted by Crippen LogP contribution is 2.18. The summed E-state index contributed by atoms with van der Waals surface area (Å²) < 4.78 is 0. The zero-order chi connectivity index (χ0) is 10.7. The molecule has 2 N–H and O–H groups in total. The Balaban J connectivity index is 3.06. The van der Waals surface area contributed by atoms with Crippen LogP contribution in [0, 0.1) is 20.2 Å². The van der Waals surface area contributed by atoms with Crippen LogP contribution in [0.2, 0.25) is 0 Å². The molecule has 0 aromatic heterocycles. The zero-order valence-electron chi connectivity index (χ0n) is 6.99. The van der Waals surface area contributed by atoms with Crippen molar-refractivity contribution < 1.29 is 9.85 Å². The fourth-order valence-electron chi connectivity index (χ4n) is 0.989. The molecule has 1 aromatic carbocycles. The molecule has 1 rings (SSSR count). The van der Waals surface area contributed by atoms with Crippen LogP contribution >= 0.6 is 0 Å². The predicted octanol–water partition coefficient (Wildman–Crippen LogP) is 0.821. The monoisotopic (exact) mass is 197 g/mol. The first-order valence-corrected chi connectivity index (χ1v) is 3.65. The number of anilines is 1. The summed E-state index contributed by atoms with van der Waals surface area (Å²) in [7, 11) is 0. The standard InChI is InChI=1S/C7H7N3O4/c8-6-3-1-5(2-4-6)7(9(11)12)10(13)14/h1-4,7H,8H2. The summed E-state index contributed by atoms with van der Waals surface area (Å²) in [5, 5.41) is 20.7. The van der Waals surface area contributed by atoms with Crippen LogP contribution in [0.25, 0.3) is 0 Å². The van der Waals surface area contributed by atoms with E-state index < -0.39 is 16.0 Å². The van der Waals surface area contributed by atoms with E-state index in [2.05, 4.69) is 0 Å². The molecule has 0 aliphatic rings. The van der Waals surface area contributed by atoms with E-state index in [0.717, 1.165) is 0 Å². The summed E-state index contributed by atoms with van der Waals surface area (Å²) >= 11 is 0. The van der Waals surface area contributed by atoms with Gasteiger partial charge in [-0.2, -0.15) is 0 Å². The fourth-order valence-corrected chi connectivity index (χ4v) is 0.989. The molecule has 0 unspecified atom stereocenters. The minimum absolute atomic E-state index is 0.00852. The lowest BCUT2D eigenvalue weighted by Crippen LogP contribution is -2.19. The Kier molecular flexibility index (Phi) is 2.61. The minimum Gasteiger partial charge on any atom is -0.399 e. The quantitative estimate of drug-likeness (QED) is 0.333. The third-order valence-electron chi connectivity index (χ3n) is 1.63. The fraction of sp³-hybridized carbons (Fsp3) is 0.143. The lowest BCUT2D eigenvalue weighted by atomic mass is 10.1. The molecule has 0 amide bonds. The lowest BCUT2D eigenvalue weighted by Gasteiger charge is -2.01. The average molecular weight is 197 g/mol. The van der Waals surface area contributed by atoms with Crippen molar-refractivity contribution in [2.75, 3.05) is 5.73 Å². The third-order valence-corrected chi connectivity index (χ3v) is 1.63. The van der Waals surface area contributed by atoms with E-state index in [-0.39, 0.29) is 5.56 Å². The molecule has 0 bridgehead atoms. The summed E-state index contributed by atoms with van der Waals surface area (Å²) in [6.07, 6.45) is -1.92. The second-order valence-electron chi connectivity index (χ2n) is 2.61. The van der Waals surface area contributed by atoms with E-state index in [1.54, 1.807) is 0 Å². The highest BCUT2D eigenvalue weighted by atomic mass is 16.7. The maximum absolute atomic E-state index is 10.4. The number of nitrogens with zero attached hydrogens (tertiary/aromatic N) is 2. The summed E-state index contributed by atoms with van der Waals surface area (Å²) in [4.78, 5) is 18.8. The van der Waals surface area contributed by atoms with Crippen molar-refractivity contribution in [1.29, 1.82) is 0 Å². The van der Waals surface area contributed by atoms with Crippen molar-refractivity contribution in [3.05, 3.63) is 50.1 Å². The first-order chi connectivity index (χ1) is 6.52. The van der Waals surface area contributed by atoms with Crippen molar-refractivity contribution in [2.45, 2.75) is 6.17 Å². The topological polar surface area (TPSA) is 112 Å². The molecule has 0 fully saturated rings. The summed E-state index contributed by atoms with van der Waals surface area (Å²) in [5.41, 5.74) is 5.75. The Bertz CT molecular complexity index is 348. The van der Waals surface area contributed by atoms with Gasteiger partial charge in [-0.15, -0.1) is 0 Å². The molecule has 0 saturated heterocycles. The first-order valence-electron chi connectivity index (χ1n) is 3.65. The van der Waals surface area contributed by atoms with Crippen LogP contribution in [0.4, 0.5) is 5.69 Å². The van der Waals surface area contributed by atoms with Crippen molar-refractivity contribution in [1.82, 2.24) is 0 Å². The van der Waals surface area contributed by atoms with E-state index in [9.17, 15) is 20.2 Å². The Labute approximate surface area is 78.4 Å². The Morgan fingerprint density at radius 3 is 1.86 bits per heavy atom. The Morgan fingerprint density at radius 2 is 1.50 bits per heavy atom. The largest absolute Gasteiger partial charge is 0.476 e. The van der Waals surface area contributed by atoms with Gasteiger partial charge in [0.25, 0.3) is 0 Å². The number of benzene rings is 1. The van der Waals surface area contributed by atoms with Crippen LogP contribution in [0.15, 0.2) is 24.3 Å². The number of rotatable bonds is 3. The minimum atomic E-state index is -1.92. The third kappa shape index (κ3) is 1.94. The van der Waals surface area contributed by atoms with E-state index in [4.69, 9.17) is 5.73 Å². The Hall–Kier alpha value is -2.18. The van der Waals surface area contributed by atoms with Gasteiger partial charge in [-0.05, 0) is 24.3 Å². The summed E-state index contributed by atoms with van der Waals surface area (Å²) in [6.45, 7) is 0. The van der Waals surface area contributed by atoms with Crippen molar-refractivity contribution in [3.8, 4) is 0 Å². The second-order valence-corrected chi connectivity index (χ2v) is 2.61. The lowest BCUT2D eigenvalue weighted by molar-refractivity contribution is -0.752. The number of hydrogen-bond donors (Lipinski definition) is 1. The molecule has 0 aliphatic carbocycles. The van der Waals surface area contributed by atoms with Gasteiger partial charge in [0, 0.05) is 5.69 Å². The zero-order valence-corrected chi connectivity index (χ0v) is 6.99. The van der Waals surface area contributed by atoms with Gasteiger partial charge in [0.1, 0.15) is 15.4 Å². The number of hydrogen-bond acceptors (Lipinski definition) is 5. The van der Waals surface area contributed by atoms with E-state index in [1.165, 1.54) is 24.3 Å². The maximum atomic E-state index is 10.4. The molecule has 0 spiro atoms. The molecule has 0 heterocycles. The van der Waals surface area contributed by atoms with Gasteiger partial charge in [0.2, 0.25) is 0 Å². The van der Waals surface area contributed by atoms with Crippen LogP contribution in [-0.4, -0.2) is 9.85 Å². The van der Waals surface area contributed by atoms with E-state index >= 15 is 0 Å². The van der Waals surface area contributed by atoms with Gasteiger partial charge >= 0.3 is 6.17 Å². The number of nitrogens with two attached hydrogens (primary N) is 1. The van der Waals surface area contributed by atoms with Gasteiger partial charge in [-0.3, -0.25) is 20.2 Å². The number of nitrogen functional groups attached to an aromatic ring is 1. The molecule has 0 atom stereocenters. The Morgan fingerprint density at radius 1 is 1.07 bits per heavy atom. The molecule has 0 saturated carbocycles. The van der Waals surface area contributed by atoms with Gasteiger partial charge in [0.05, 0.1) is 0 Å². The molecule has 14 heavy (non-hydrogen) atoms. The first kappa shape index (κ1) is 9.90. The highest BCUT2D eigenvalue weighted by Gasteiger charge is 2.34. The van der Waals surface area contributed by atoms with Gasteiger partial charge in [0.15, 0.2) is 0 Å². The van der Waals surface area contributed by atoms with Crippen molar-refractivity contribution in [2.24, 2.45) is 0 Å². The van der Waals surface area contributed by atoms with Crippen molar-refractivity contribution in [3.63, 3.8) is 0 Å². The molecular weight excluding hydrogens is 190 g/mol. The normalized spacial score (nSPS) is 10.1. The van der Waals surface area contributed by atoms with Crippen LogP contribution in [0.5, 0.6) is 0 Å². The maximum Gasteiger partial charge on any atom is 0.476 e. The molecule has 1 aromatic rings. The van der Waals surface area contributed by atoms with Crippen LogP contribution < -0.4 is 5.73 Å². The summed E-state index contributed by atoms with van der Waals surface area (Å²) in [5.74, 6) is 0. The number of nitro groups is 2. The predicted molar refractivity (Wildman–Crippen MR) is 47.6 cm³/mol. The summed E-state index contributed by atoms with van der Waals surface area (Å²) in [6, 6.07) is 5.31. The molecule has 7 nitrogen and oxygen atoms in total. The van der Waals surface area contributed by atoms with E-state index in [0.29, 0.717) is 5.69 Å².